The molecular formula is C26H17FN6O. The lowest BCUT2D eigenvalue weighted by Gasteiger charge is -2.13. The fourth-order valence-electron chi connectivity index (χ4n) is 4.38. The molecule has 3 aromatic carbocycles. The molecule has 8 heteroatoms. The maximum absolute atomic E-state index is 15.5. The van der Waals surface area contributed by atoms with Crippen molar-refractivity contribution in [3.05, 3.63) is 81.7 Å². The molecule has 0 saturated carbocycles. The van der Waals surface area contributed by atoms with Crippen LogP contribution in [0.2, 0.25) is 0 Å². The molecule has 0 atom stereocenters. The van der Waals surface area contributed by atoms with Crippen LogP contribution >= 0.6 is 0 Å². The molecule has 0 radical (unpaired) electrons. The number of fused-ring (bicyclic) bond motifs is 2. The van der Waals surface area contributed by atoms with Gasteiger partial charge in [0.25, 0.3) is 5.56 Å². The van der Waals surface area contributed by atoms with Crippen molar-refractivity contribution in [3.8, 4) is 40.8 Å². The lowest BCUT2D eigenvalue weighted by Crippen LogP contribution is -2.14. The van der Waals surface area contributed by atoms with Gasteiger partial charge >= 0.3 is 0 Å². The standard InChI is InChI=1S/C26H17FN6O/c1-3-14-8-16(9-18-22(12-29)31-32-26(34)23(14)18)20-13-30-33(2)25(20)24-19(11-28)17-7-5-4-6-15(17)10-21(24)27/h1,4-10,13H,12,29H2,2H3,(H,32,34). The van der Waals surface area contributed by atoms with Gasteiger partial charge in [-0.2, -0.15) is 15.5 Å². The molecule has 5 rings (SSSR count). The maximum Gasteiger partial charge on any atom is 0.273 e. The third-order valence-corrected chi connectivity index (χ3v) is 5.92. The normalized spacial score (nSPS) is 11.0. The Balaban J connectivity index is 1.87. The summed E-state index contributed by atoms with van der Waals surface area (Å²) in [5.74, 6) is 2.01. The molecule has 0 saturated heterocycles. The number of hydrogen-bond acceptors (Lipinski definition) is 5. The van der Waals surface area contributed by atoms with Gasteiger partial charge in [-0.1, -0.05) is 30.2 Å². The first-order valence-corrected chi connectivity index (χ1v) is 10.3. The van der Waals surface area contributed by atoms with Gasteiger partial charge < -0.3 is 5.73 Å². The second-order valence-electron chi connectivity index (χ2n) is 7.77. The Labute approximate surface area is 193 Å². The zero-order valence-corrected chi connectivity index (χ0v) is 18.1. The van der Waals surface area contributed by atoms with Crippen LogP contribution in [0.4, 0.5) is 4.39 Å². The molecule has 2 aromatic heterocycles. The Morgan fingerprint density at radius 3 is 2.76 bits per heavy atom. The molecule has 0 aliphatic heterocycles. The fraction of sp³-hybridized carbons (Fsp3) is 0.0769. The molecule has 0 aliphatic rings. The van der Waals surface area contributed by atoms with Gasteiger partial charge in [0.05, 0.1) is 34.1 Å². The number of hydrogen-bond donors (Lipinski definition) is 2. The lowest BCUT2D eigenvalue weighted by atomic mass is 9.92. The Hall–Kier alpha value is -4.79. The number of terminal acetylenes is 1. The minimum absolute atomic E-state index is 0.0819. The number of aryl methyl sites for hydroxylation is 1. The Kier molecular flexibility index (Phi) is 4.94. The average molecular weight is 448 g/mol. The van der Waals surface area contributed by atoms with E-state index in [1.807, 2.05) is 0 Å². The highest BCUT2D eigenvalue weighted by molar-refractivity contribution is 5.99. The second kappa shape index (κ2) is 7.96. The van der Waals surface area contributed by atoms with Crippen LogP contribution in [0, 0.1) is 29.5 Å². The quantitative estimate of drug-likeness (QED) is 0.410. The summed E-state index contributed by atoms with van der Waals surface area (Å²) in [6.07, 6.45) is 7.31. The summed E-state index contributed by atoms with van der Waals surface area (Å²) in [6, 6.07) is 14.1. The van der Waals surface area contributed by atoms with E-state index in [-0.39, 0.29) is 17.7 Å². The first kappa shape index (κ1) is 21.1. The van der Waals surface area contributed by atoms with Crippen molar-refractivity contribution in [2.45, 2.75) is 6.54 Å². The van der Waals surface area contributed by atoms with Crippen LogP contribution < -0.4 is 11.3 Å². The van der Waals surface area contributed by atoms with Crippen LogP contribution in [0.15, 0.2) is 53.5 Å². The fourth-order valence-corrected chi connectivity index (χ4v) is 4.38. The van der Waals surface area contributed by atoms with E-state index >= 15 is 4.39 Å². The summed E-state index contributed by atoms with van der Waals surface area (Å²) in [6.45, 7) is 0.0819. The van der Waals surface area contributed by atoms with Gasteiger partial charge in [0.2, 0.25) is 0 Å². The van der Waals surface area contributed by atoms with Gasteiger partial charge in [-0.3, -0.25) is 9.48 Å². The van der Waals surface area contributed by atoms with E-state index in [2.05, 4.69) is 27.3 Å². The zero-order chi connectivity index (χ0) is 24.0. The van der Waals surface area contributed by atoms with E-state index < -0.39 is 11.4 Å². The topological polar surface area (TPSA) is 113 Å². The van der Waals surface area contributed by atoms with E-state index in [9.17, 15) is 10.1 Å². The minimum Gasteiger partial charge on any atom is -0.325 e. The number of nitriles is 1. The molecule has 7 nitrogen and oxygen atoms in total. The summed E-state index contributed by atoms with van der Waals surface area (Å²) >= 11 is 0. The SMILES string of the molecule is C#Cc1cc(-c2cnn(C)c2-c2c(F)cc3ccccc3c2C#N)cc2c(CN)n[nH]c(=O)c12. The average Bonchev–Trinajstić information content (AvgIpc) is 3.23. The molecule has 2 heterocycles. The predicted molar refractivity (Wildman–Crippen MR) is 128 cm³/mol. The molecule has 0 fully saturated rings. The summed E-state index contributed by atoms with van der Waals surface area (Å²) in [7, 11) is 1.68. The van der Waals surface area contributed by atoms with Crippen LogP contribution in [0.5, 0.6) is 0 Å². The number of nitrogens with two attached hydrogens (primary N) is 1. The van der Waals surface area contributed by atoms with Gasteiger partial charge in [0.1, 0.15) is 11.9 Å². The Morgan fingerprint density at radius 2 is 2.03 bits per heavy atom. The first-order chi connectivity index (χ1) is 16.5. The molecule has 0 bridgehead atoms. The number of nitrogens with one attached hydrogen (secondary N) is 1. The van der Waals surface area contributed by atoms with Gasteiger partial charge in [0.15, 0.2) is 0 Å². The summed E-state index contributed by atoms with van der Waals surface area (Å²) in [4.78, 5) is 12.5. The van der Waals surface area contributed by atoms with Crippen molar-refractivity contribution in [3.63, 3.8) is 0 Å². The number of aromatic amines is 1. The van der Waals surface area contributed by atoms with Crippen molar-refractivity contribution < 1.29 is 4.39 Å². The van der Waals surface area contributed by atoms with E-state index in [0.717, 1.165) is 0 Å². The van der Waals surface area contributed by atoms with Gasteiger partial charge in [-0.05, 0) is 29.1 Å². The molecule has 3 N–H and O–H groups in total. The van der Waals surface area contributed by atoms with E-state index in [4.69, 9.17) is 12.2 Å². The van der Waals surface area contributed by atoms with Crippen LogP contribution in [0.3, 0.4) is 0 Å². The smallest absolute Gasteiger partial charge is 0.273 e. The van der Waals surface area contributed by atoms with Gasteiger partial charge in [-0.25, -0.2) is 9.49 Å². The zero-order valence-electron chi connectivity index (χ0n) is 18.1. The molecule has 0 amide bonds. The number of aromatic nitrogens is 4. The summed E-state index contributed by atoms with van der Waals surface area (Å²) < 4.78 is 17.0. The Bertz CT molecular complexity index is 1770. The molecule has 5 aromatic rings. The molecule has 0 aliphatic carbocycles. The van der Waals surface area contributed by atoms with Gasteiger partial charge in [0, 0.05) is 35.5 Å². The molecule has 0 unspecified atom stereocenters. The highest BCUT2D eigenvalue weighted by Crippen LogP contribution is 2.39. The summed E-state index contributed by atoms with van der Waals surface area (Å²) in [5, 5.41) is 22.9. The van der Waals surface area contributed by atoms with Crippen LogP contribution in [-0.2, 0) is 13.6 Å². The number of halogens is 1. The van der Waals surface area contributed by atoms with Crippen LogP contribution in [0.1, 0.15) is 16.8 Å². The molecular weight excluding hydrogens is 431 g/mol. The second-order valence-corrected chi connectivity index (χ2v) is 7.77. The molecule has 34 heavy (non-hydrogen) atoms. The van der Waals surface area contributed by atoms with Crippen LogP contribution in [-0.4, -0.2) is 20.0 Å². The third-order valence-electron chi connectivity index (χ3n) is 5.92. The first-order valence-electron chi connectivity index (χ1n) is 10.3. The lowest BCUT2D eigenvalue weighted by molar-refractivity contribution is 0.629. The van der Waals surface area contributed by atoms with Crippen molar-refractivity contribution in [1.29, 1.82) is 5.26 Å². The van der Waals surface area contributed by atoms with Crippen molar-refractivity contribution in [2.75, 3.05) is 0 Å². The van der Waals surface area contributed by atoms with Crippen molar-refractivity contribution in [2.24, 2.45) is 12.8 Å². The predicted octanol–water partition coefficient (Wildman–Crippen LogP) is 3.59. The minimum atomic E-state index is -0.543. The summed E-state index contributed by atoms with van der Waals surface area (Å²) in [5.41, 5.74) is 8.14. The van der Waals surface area contributed by atoms with Crippen LogP contribution in [0.25, 0.3) is 43.9 Å². The highest BCUT2D eigenvalue weighted by atomic mass is 19.1. The molecule has 0 spiro atoms. The van der Waals surface area contributed by atoms with E-state index in [1.54, 1.807) is 49.6 Å². The van der Waals surface area contributed by atoms with E-state index in [1.165, 1.54) is 10.7 Å². The van der Waals surface area contributed by atoms with Crippen molar-refractivity contribution in [1.82, 2.24) is 20.0 Å². The molecule has 164 valence electrons. The highest BCUT2D eigenvalue weighted by Gasteiger charge is 2.23. The number of H-pyrrole nitrogens is 1. The number of benzene rings is 3. The number of rotatable bonds is 3. The number of nitrogens with zero attached hydrogens (tertiary/aromatic N) is 4. The van der Waals surface area contributed by atoms with E-state index in [0.29, 0.717) is 49.6 Å². The maximum atomic E-state index is 15.5. The van der Waals surface area contributed by atoms with Gasteiger partial charge in [-0.15, -0.1) is 6.42 Å². The van der Waals surface area contributed by atoms with Crippen molar-refractivity contribution >= 4 is 21.5 Å². The Morgan fingerprint density at radius 1 is 1.24 bits per heavy atom. The largest absolute Gasteiger partial charge is 0.325 e. The monoisotopic (exact) mass is 448 g/mol. The third kappa shape index (κ3) is 3.06.